The second kappa shape index (κ2) is 39.2. The molecule has 0 radical (unpaired) electrons. The molecule has 1 aromatic carbocycles. The van der Waals surface area contributed by atoms with Crippen molar-refractivity contribution in [1.29, 1.82) is 0 Å². The lowest BCUT2D eigenvalue weighted by Crippen LogP contribution is -2.62. The second-order valence-corrected chi connectivity index (χ2v) is 29.7. The van der Waals surface area contributed by atoms with E-state index in [9.17, 15) is 57.0 Å². The quantitative estimate of drug-likeness (QED) is 0.123. The molecule has 100 heavy (non-hydrogen) atoms. The fourth-order valence-electron chi connectivity index (χ4n) is 13.0. The van der Waals surface area contributed by atoms with E-state index in [1.54, 1.807) is 49.1 Å². The zero-order valence-corrected chi connectivity index (χ0v) is 62.7. The molecule has 0 aromatic heterocycles. The van der Waals surface area contributed by atoms with E-state index in [1.807, 2.05) is 48.5 Å². The summed E-state index contributed by atoms with van der Waals surface area (Å²) in [5.41, 5.74) is 0.641. The molecule has 0 unspecified atom stereocenters. The highest BCUT2D eigenvalue weighted by molar-refractivity contribution is 6.00. The van der Waals surface area contributed by atoms with Crippen LogP contribution < -0.4 is 26.6 Å². The number of nitrogens with one attached hydrogen (secondary N) is 5. The van der Waals surface area contributed by atoms with Crippen LogP contribution in [-0.2, 0) is 64.0 Å². The zero-order chi connectivity index (χ0) is 75.4. The van der Waals surface area contributed by atoms with E-state index in [2.05, 4.69) is 26.6 Å². The number of halogens is 2. The van der Waals surface area contributed by atoms with Crippen molar-refractivity contribution in [3.8, 4) is 0 Å². The van der Waals surface area contributed by atoms with Crippen LogP contribution in [0.1, 0.15) is 172 Å². The Morgan fingerprint density at radius 1 is 0.560 bits per heavy atom. The molecule has 12 atom stereocenters. The SMILES string of the molecule is CCCCN1CC(=O)N(C)[C@@H](CC(C)C)C(=O)N[C@H](C(=O)N2CCCCC2)CC(=O)N(C)[C@@H](C)C(=O)N[C@@H](CCC[C@@H]2CC(F)(F)CN2)C(=O)N(C)[C@@H](CC(C)C)C(=O)N(C)[C@@H](C)C(=O)N[C@@H](C(C)C)C(=O)N(C)[C@@H](Cc2ccccc2)C(=O)N(C)[C@@H](CC(C)C)C(=O)N[C@@H]([C@@H](C)O)C1=O. The number of benzene rings is 1. The van der Waals surface area contributed by atoms with Crippen LogP contribution in [0.4, 0.5) is 8.78 Å². The Hall–Kier alpha value is -7.36. The van der Waals surface area contributed by atoms with Crippen molar-refractivity contribution < 1.29 is 71.4 Å². The number of carbonyl (C=O) groups is 12. The maximum Gasteiger partial charge on any atom is 0.261 e. The molecule has 6 N–H and O–H groups in total. The Morgan fingerprint density at radius 3 is 1.61 bits per heavy atom. The molecular formula is C72H119F2N13O13. The number of unbranched alkanes of at least 4 members (excludes halogenated alkanes) is 1. The number of rotatable bonds is 18. The van der Waals surface area contributed by atoms with Gasteiger partial charge in [-0.15, -0.1) is 0 Å². The van der Waals surface area contributed by atoms with Gasteiger partial charge >= 0.3 is 0 Å². The highest BCUT2D eigenvalue weighted by atomic mass is 19.3. The smallest absolute Gasteiger partial charge is 0.261 e. The Balaban J connectivity index is 1.94. The Kier molecular flexibility index (Phi) is 33.3. The zero-order valence-electron chi connectivity index (χ0n) is 62.7. The van der Waals surface area contributed by atoms with Crippen molar-refractivity contribution in [2.24, 2.45) is 23.7 Å². The third kappa shape index (κ3) is 24.2. The number of hydrogen-bond donors (Lipinski definition) is 6. The minimum atomic E-state index is -2.95. The minimum absolute atomic E-state index is 0.0247. The fourth-order valence-corrected chi connectivity index (χ4v) is 13.0. The van der Waals surface area contributed by atoms with E-state index in [0.717, 1.165) is 21.1 Å². The van der Waals surface area contributed by atoms with E-state index in [1.165, 1.54) is 82.7 Å². The molecule has 3 aliphatic heterocycles. The van der Waals surface area contributed by atoms with E-state index >= 15 is 14.4 Å². The number of piperidine rings is 1. The molecule has 0 saturated carbocycles. The molecule has 26 nitrogen and oxygen atoms in total. The predicted molar refractivity (Wildman–Crippen MR) is 375 cm³/mol. The largest absolute Gasteiger partial charge is 0.391 e. The van der Waals surface area contributed by atoms with Gasteiger partial charge in [-0.05, 0) is 114 Å². The van der Waals surface area contributed by atoms with E-state index < -0.39 is 181 Å². The second-order valence-electron chi connectivity index (χ2n) is 29.7. The van der Waals surface area contributed by atoms with Crippen LogP contribution in [0.2, 0.25) is 0 Å². The van der Waals surface area contributed by atoms with Crippen LogP contribution in [0.5, 0.6) is 0 Å². The number of nitrogens with zero attached hydrogens (tertiary/aromatic N) is 8. The molecule has 12 amide bonds. The number of likely N-dealkylation sites (tertiary alicyclic amines) is 1. The summed E-state index contributed by atoms with van der Waals surface area (Å²) in [6.07, 6.45) is 0.757. The molecule has 564 valence electrons. The molecule has 1 aromatic rings. The van der Waals surface area contributed by atoms with Gasteiger partial charge < -0.3 is 70.9 Å². The van der Waals surface area contributed by atoms with Crippen LogP contribution in [0.3, 0.4) is 0 Å². The van der Waals surface area contributed by atoms with Crippen molar-refractivity contribution in [3.63, 3.8) is 0 Å². The summed E-state index contributed by atoms with van der Waals surface area (Å²) in [6.45, 7) is 19.8. The standard InChI is InChI=1S/C72H119F2N13O13/c1-19-20-32-87-41-59(90)82(15)54(35-43(2)3)64(93)77-53(67(96)86-33-25-22-26-34-86)39-58(89)80(13)47(10)62(91)76-52(31-27-30-51-40-72(73,74)42-75-51)66(95)84(17)56(37-45(6)7)68(97)81(14)48(11)63(92)78-60(46(8)9)70(99)85(18)57(38-50-28-23-21-24-29-50)69(98)83(16)55(36-44(4)5)65(94)79-61(49(12)88)71(87)100/h21,23-24,28-29,43-49,51-57,60-61,75,88H,19-20,22,25-27,30-42H2,1-18H3,(H,76,91)(H,77,93)(H,78,92)(H,79,94)/t47-,48-,49+,51+,52-,53-,54-,55-,56-,57-,60-,61-/m0/s1. The maximum absolute atomic E-state index is 15.4. The van der Waals surface area contributed by atoms with Gasteiger partial charge in [-0.2, -0.15) is 0 Å². The monoisotopic (exact) mass is 1410 g/mol. The Bertz CT molecular complexity index is 2950. The van der Waals surface area contributed by atoms with Gasteiger partial charge in [-0.25, -0.2) is 8.78 Å². The van der Waals surface area contributed by atoms with Crippen LogP contribution >= 0.6 is 0 Å². The average molecular weight is 1410 g/mol. The molecule has 3 heterocycles. The number of aliphatic hydroxyl groups is 1. The van der Waals surface area contributed by atoms with Gasteiger partial charge in [0, 0.05) is 80.8 Å². The highest BCUT2D eigenvalue weighted by Crippen LogP contribution is 2.29. The van der Waals surface area contributed by atoms with Gasteiger partial charge in [0.05, 0.1) is 25.6 Å². The van der Waals surface area contributed by atoms with Crippen LogP contribution in [-0.4, -0.2) is 269 Å². The molecule has 3 aliphatic rings. The van der Waals surface area contributed by atoms with E-state index in [4.69, 9.17) is 0 Å². The van der Waals surface area contributed by atoms with Crippen molar-refractivity contribution in [1.82, 2.24) is 65.8 Å². The van der Waals surface area contributed by atoms with Crippen LogP contribution in [0.15, 0.2) is 30.3 Å². The molecule has 28 heteroatoms. The van der Waals surface area contributed by atoms with Crippen molar-refractivity contribution in [2.75, 3.05) is 75.0 Å². The van der Waals surface area contributed by atoms with Crippen LogP contribution in [0, 0.1) is 23.7 Å². The van der Waals surface area contributed by atoms with E-state index in [0.29, 0.717) is 44.3 Å². The molecule has 3 saturated heterocycles. The van der Waals surface area contributed by atoms with Gasteiger partial charge in [-0.3, -0.25) is 57.5 Å². The van der Waals surface area contributed by atoms with Crippen molar-refractivity contribution >= 4 is 70.9 Å². The summed E-state index contributed by atoms with van der Waals surface area (Å²) in [4.78, 5) is 188. The lowest BCUT2D eigenvalue weighted by molar-refractivity contribution is -0.151. The van der Waals surface area contributed by atoms with Gasteiger partial charge in [0.25, 0.3) is 5.92 Å². The summed E-state index contributed by atoms with van der Waals surface area (Å²) < 4.78 is 28.8. The number of alkyl halides is 2. The first-order chi connectivity index (χ1) is 46.7. The molecule has 0 bridgehead atoms. The Morgan fingerprint density at radius 2 is 1.07 bits per heavy atom. The third-order valence-corrected chi connectivity index (χ3v) is 19.7. The van der Waals surface area contributed by atoms with Crippen molar-refractivity contribution in [2.45, 2.75) is 251 Å². The summed E-state index contributed by atoms with van der Waals surface area (Å²) in [5.74, 6) is -13.2. The molecule has 4 rings (SSSR count). The summed E-state index contributed by atoms with van der Waals surface area (Å²) >= 11 is 0. The summed E-state index contributed by atoms with van der Waals surface area (Å²) in [5, 5.41) is 25.3. The fraction of sp³-hybridized carbons (Fsp3) is 0.750. The van der Waals surface area contributed by atoms with Gasteiger partial charge in [0.2, 0.25) is 70.9 Å². The van der Waals surface area contributed by atoms with Crippen LogP contribution in [0.25, 0.3) is 0 Å². The molecule has 0 aliphatic carbocycles. The molecule has 0 spiro atoms. The van der Waals surface area contributed by atoms with Gasteiger partial charge in [0.1, 0.15) is 60.4 Å². The van der Waals surface area contributed by atoms with Gasteiger partial charge in [0.15, 0.2) is 0 Å². The number of amides is 12. The first-order valence-electron chi connectivity index (χ1n) is 35.9. The van der Waals surface area contributed by atoms with Crippen molar-refractivity contribution in [3.05, 3.63) is 35.9 Å². The number of hydrogen-bond acceptors (Lipinski definition) is 14. The minimum Gasteiger partial charge on any atom is -0.391 e. The number of likely N-dealkylation sites (N-methyl/N-ethyl adjacent to an activating group) is 6. The number of aliphatic hydroxyl groups excluding tert-OH is 1. The first-order valence-corrected chi connectivity index (χ1v) is 35.9. The normalized spacial score (nSPS) is 27.2. The highest BCUT2D eigenvalue weighted by Gasteiger charge is 2.45. The first kappa shape index (κ1) is 85.1. The summed E-state index contributed by atoms with van der Waals surface area (Å²) in [6, 6.07) is -5.46. The maximum atomic E-state index is 15.4. The lowest BCUT2D eigenvalue weighted by Gasteiger charge is -2.38. The topological polar surface area (TPSA) is 311 Å². The average Bonchev–Trinajstić information content (AvgIpc) is 1.12. The van der Waals surface area contributed by atoms with Gasteiger partial charge in [-0.1, -0.05) is 99.1 Å². The molecular weight excluding hydrogens is 1290 g/mol. The third-order valence-electron chi connectivity index (χ3n) is 19.7. The summed E-state index contributed by atoms with van der Waals surface area (Å²) in [7, 11) is 8.26. The predicted octanol–water partition coefficient (Wildman–Crippen LogP) is 3.56. The number of carbonyl (C=O) groups excluding carboxylic acids is 12. The lowest BCUT2D eigenvalue weighted by atomic mass is 9.97. The Labute approximate surface area is 591 Å². The van der Waals surface area contributed by atoms with E-state index in [-0.39, 0.29) is 69.2 Å². The molecule has 3 fully saturated rings.